The van der Waals surface area contributed by atoms with Gasteiger partial charge in [-0.3, -0.25) is 0 Å². The summed E-state index contributed by atoms with van der Waals surface area (Å²) < 4.78 is 15.2. The lowest BCUT2D eigenvalue weighted by Gasteiger charge is -2.22. The molecular weight excluding hydrogens is 226 g/mol. The molecule has 0 radical (unpaired) electrons. The first-order valence-corrected chi connectivity index (χ1v) is 7.19. The van der Waals surface area contributed by atoms with Crippen molar-refractivity contribution in [1.29, 1.82) is 0 Å². The molecule has 0 saturated carbocycles. The van der Waals surface area contributed by atoms with Crippen LogP contribution in [-0.2, 0) is 13.3 Å². The molecule has 0 aromatic rings. The average Bonchev–Trinajstić information content (AvgIpc) is 2.22. The Hall–Kier alpha value is -0.0231. The second kappa shape index (κ2) is 15.0. The van der Waals surface area contributed by atoms with Gasteiger partial charge in [0, 0.05) is 33.5 Å². The van der Waals surface area contributed by atoms with Crippen LogP contribution < -0.4 is 17.2 Å². The molecule has 0 heterocycles. The summed E-state index contributed by atoms with van der Waals surface area (Å²) in [6.07, 6.45) is -0.167. The summed E-state index contributed by atoms with van der Waals surface area (Å²) in [6, 6.07) is 0.816. The minimum Gasteiger partial charge on any atom is -0.377 e. The van der Waals surface area contributed by atoms with Crippen LogP contribution in [0.4, 0.5) is 0 Å². The average molecular weight is 255 g/mol. The predicted octanol–water partition coefficient (Wildman–Crippen LogP) is 0.0992. The fourth-order valence-electron chi connectivity index (χ4n) is 0.683. The van der Waals surface area contributed by atoms with Crippen molar-refractivity contribution in [2.45, 2.75) is 33.0 Å². The summed E-state index contributed by atoms with van der Waals surface area (Å²) in [6.45, 7) is 6.36. The molecule has 16 heavy (non-hydrogen) atoms. The van der Waals surface area contributed by atoms with E-state index in [9.17, 15) is 0 Å². The van der Waals surface area contributed by atoms with Crippen LogP contribution >= 0.6 is 0 Å². The van der Waals surface area contributed by atoms with Gasteiger partial charge < -0.3 is 30.5 Å². The monoisotopic (exact) mass is 255 g/mol. The molecule has 0 bridgehead atoms. The molecule has 0 aromatic carbocycles. The lowest BCUT2D eigenvalue weighted by atomic mass is 10.7. The van der Waals surface area contributed by atoms with Crippen molar-refractivity contribution in [2.75, 3.05) is 27.9 Å². The van der Waals surface area contributed by atoms with Gasteiger partial charge in [-0.25, -0.2) is 0 Å². The fourth-order valence-corrected chi connectivity index (χ4v) is 2.05. The molecule has 102 valence electrons. The molecule has 6 nitrogen and oxygen atoms in total. The van der Waals surface area contributed by atoms with Crippen molar-refractivity contribution in [3.8, 4) is 0 Å². The van der Waals surface area contributed by atoms with E-state index in [1.165, 1.54) is 0 Å². The van der Waals surface area contributed by atoms with Crippen molar-refractivity contribution in [3.05, 3.63) is 0 Å². The van der Waals surface area contributed by atoms with E-state index in [0.717, 1.165) is 12.6 Å². The van der Waals surface area contributed by atoms with Crippen LogP contribution in [0.15, 0.2) is 0 Å². The summed E-state index contributed by atoms with van der Waals surface area (Å²) in [5.74, 6) is 0. The Morgan fingerprint density at radius 1 is 1.00 bits per heavy atom. The van der Waals surface area contributed by atoms with Crippen LogP contribution in [0.1, 0.15) is 20.8 Å². The highest BCUT2D eigenvalue weighted by Crippen LogP contribution is 2.10. The maximum atomic E-state index is 5.08. The van der Waals surface area contributed by atoms with E-state index in [4.69, 9.17) is 30.5 Å². The third-order valence-corrected chi connectivity index (χ3v) is 4.10. The van der Waals surface area contributed by atoms with Crippen LogP contribution in [0.25, 0.3) is 0 Å². The van der Waals surface area contributed by atoms with E-state index in [2.05, 4.69) is 0 Å². The van der Waals surface area contributed by atoms with E-state index >= 15 is 0 Å². The molecule has 0 aliphatic heterocycles. The van der Waals surface area contributed by atoms with Crippen molar-refractivity contribution in [2.24, 2.45) is 17.2 Å². The molecule has 0 aliphatic carbocycles. The summed E-state index contributed by atoms with van der Waals surface area (Å²) in [5.41, 5.74) is 14.6. The van der Waals surface area contributed by atoms with Gasteiger partial charge in [-0.15, -0.1) is 0 Å². The Morgan fingerprint density at radius 2 is 1.19 bits per heavy atom. The zero-order chi connectivity index (χ0) is 13.6. The van der Waals surface area contributed by atoms with E-state index in [1.807, 2.05) is 13.8 Å². The second-order valence-corrected chi connectivity index (χ2v) is 6.21. The van der Waals surface area contributed by atoms with Crippen molar-refractivity contribution < 1.29 is 13.3 Å². The molecule has 7 heteroatoms. The standard InChI is InChI=1S/C5H14O3Si.C2H8N2.C2H7N/c1-5-9(6-2,7-3)8-4;1-2(3)4;1-2-3/h5H2,1-4H3;2H,3-4H2,1H3;2-3H2,1H3. The second-order valence-electron chi connectivity index (χ2n) is 2.92. The van der Waals surface area contributed by atoms with Crippen LogP contribution in [0.3, 0.4) is 0 Å². The van der Waals surface area contributed by atoms with E-state index in [0.29, 0.717) is 0 Å². The van der Waals surface area contributed by atoms with Crippen molar-refractivity contribution >= 4 is 8.80 Å². The van der Waals surface area contributed by atoms with Crippen LogP contribution in [0, 0.1) is 0 Å². The molecule has 0 spiro atoms. The van der Waals surface area contributed by atoms with Crippen molar-refractivity contribution in [1.82, 2.24) is 0 Å². The largest absolute Gasteiger partial charge is 0.499 e. The highest BCUT2D eigenvalue weighted by molar-refractivity contribution is 6.60. The Balaban J connectivity index is -0.000000201. The highest BCUT2D eigenvalue weighted by Gasteiger charge is 2.34. The van der Waals surface area contributed by atoms with Gasteiger partial charge in [0.05, 0.1) is 0 Å². The maximum absolute atomic E-state index is 5.08. The molecule has 0 amide bonds. The Labute approximate surface area is 101 Å². The van der Waals surface area contributed by atoms with Crippen LogP contribution in [0.5, 0.6) is 0 Å². The van der Waals surface area contributed by atoms with E-state index in [-0.39, 0.29) is 6.17 Å². The summed E-state index contributed by atoms with van der Waals surface area (Å²) in [5, 5.41) is 0. The van der Waals surface area contributed by atoms with Gasteiger partial charge in [0.2, 0.25) is 0 Å². The number of rotatable bonds is 4. The van der Waals surface area contributed by atoms with Gasteiger partial charge in [-0.05, 0) is 13.5 Å². The lowest BCUT2D eigenvalue weighted by molar-refractivity contribution is 0.125. The molecule has 0 aromatic heterocycles. The number of hydrogen-bond donors (Lipinski definition) is 3. The molecule has 0 atom stereocenters. The van der Waals surface area contributed by atoms with Crippen molar-refractivity contribution in [3.63, 3.8) is 0 Å². The maximum Gasteiger partial charge on any atom is 0.499 e. The summed E-state index contributed by atoms with van der Waals surface area (Å²) >= 11 is 0. The highest BCUT2D eigenvalue weighted by atomic mass is 28.4. The normalized spacial score (nSPS) is 10.1. The number of hydrogen-bond acceptors (Lipinski definition) is 6. The minimum absolute atomic E-state index is 0.167. The lowest BCUT2D eigenvalue weighted by Crippen LogP contribution is -2.41. The topological polar surface area (TPSA) is 106 Å². The third kappa shape index (κ3) is 16.4. The predicted molar refractivity (Wildman–Crippen MR) is 69.8 cm³/mol. The van der Waals surface area contributed by atoms with Gasteiger partial charge in [0.25, 0.3) is 0 Å². The minimum atomic E-state index is -2.19. The Morgan fingerprint density at radius 3 is 1.19 bits per heavy atom. The van der Waals surface area contributed by atoms with E-state index in [1.54, 1.807) is 28.3 Å². The van der Waals surface area contributed by atoms with E-state index < -0.39 is 8.80 Å². The third-order valence-electron chi connectivity index (χ3n) is 1.37. The SMILES string of the molecule is CC(N)N.CCN.CC[Si](OC)(OC)OC. The first-order chi connectivity index (χ1) is 7.39. The summed E-state index contributed by atoms with van der Waals surface area (Å²) in [7, 11) is 2.65. The molecule has 0 fully saturated rings. The molecule has 6 N–H and O–H groups in total. The first-order valence-electron chi connectivity index (χ1n) is 5.26. The molecule has 0 unspecified atom stereocenters. The van der Waals surface area contributed by atoms with Gasteiger partial charge in [0.1, 0.15) is 0 Å². The van der Waals surface area contributed by atoms with Gasteiger partial charge >= 0.3 is 8.80 Å². The Kier molecular flexibility index (Phi) is 19.9. The quantitative estimate of drug-likeness (QED) is 0.486. The van der Waals surface area contributed by atoms with Gasteiger partial charge in [0.15, 0.2) is 0 Å². The molecule has 0 aliphatic rings. The zero-order valence-corrected chi connectivity index (χ0v) is 12.4. The van der Waals surface area contributed by atoms with Crippen LogP contribution in [0.2, 0.25) is 6.04 Å². The molecular formula is C9H29N3O3Si. The summed E-state index contributed by atoms with van der Waals surface area (Å²) in [4.78, 5) is 0. The van der Waals surface area contributed by atoms with Gasteiger partial charge in [-0.1, -0.05) is 13.8 Å². The molecule has 0 rings (SSSR count). The Bertz CT molecular complexity index is 104. The first kappa shape index (κ1) is 21.3. The number of nitrogens with two attached hydrogens (primary N) is 3. The fraction of sp³-hybridized carbons (Fsp3) is 1.00. The van der Waals surface area contributed by atoms with Crippen LogP contribution in [-0.4, -0.2) is 42.8 Å². The van der Waals surface area contributed by atoms with Gasteiger partial charge in [-0.2, -0.15) is 0 Å². The smallest absolute Gasteiger partial charge is 0.377 e. The molecule has 0 saturated heterocycles. The zero-order valence-electron chi connectivity index (χ0n) is 11.4.